The summed E-state index contributed by atoms with van der Waals surface area (Å²) in [6, 6.07) is 0.0876. The minimum absolute atomic E-state index is 0. The maximum Gasteiger partial charge on any atom is 0.214 e. The first-order valence-electron chi connectivity index (χ1n) is 5.70. The molecule has 1 rings (SSSR count). The molecule has 1 saturated heterocycles. The molecule has 0 aliphatic carbocycles. The van der Waals surface area contributed by atoms with Gasteiger partial charge >= 0.3 is 0 Å². The van der Waals surface area contributed by atoms with Crippen molar-refractivity contribution in [2.45, 2.75) is 39.2 Å². The van der Waals surface area contributed by atoms with Crippen LogP contribution in [0.1, 0.15) is 33.1 Å². The van der Waals surface area contributed by atoms with Gasteiger partial charge in [0.1, 0.15) is 0 Å². The molecule has 98 valence electrons. The normalized spacial score (nSPS) is 24.8. The second-order valence-corrected chi connectivity index (χ2v) is 6.52. The topological polar surface area (TPSA) is 63.4 Å². The average molecular weight is 271 g/mol. The third kappa shape index (κ3) is 4.20. The van der Waals surface area contributed by atoms with Gasteiger partial charge in [-0.1, -0.05) is 6.92 Å². The number of piperidine rings is 1. The second-order valence-electron chi connectivity index (χ2n) is 4.44. The summed E-state index contributed by atoms with van der Waals surface area (Å²) in [5.41, 5.74) is 5.83. The van der Waals surface area contributed by atoms with Crippen molar-refractivity contribution in [3.05, 3.63) is 0 Å². The average Bonchev–Trinajstić information content (AvgIpc) is 2.18. The van der Waals surface area contributed by atoms with Crippen LogP contribution in [0.4, 0.5) is 0 Å². The summed E-state index contributed by atoms with van der Waals surface area (Å²) in [7, 11) is -3.02. The van der Waals surface area contributed by atoms with E-state index in [0.29, 0.717) is 25.4 Å². The summed E-state index contributed by atoms with van der Waals surface area (Å²) in [5, 5.41) is 0. The largest absolute Gasteiger partial charge is 0.328 e. The van der Waals surface area contributed by atoms with Crippen molar-refractivity contribution in [3.8, 4) is 0 Å². The molecule has 6 heteroatoms. The van der Waals surface area contributed by atoms with Gasteiger partial charge < -0.3 is 5.73 Å². The molecule has 0 saturated carbocycles. The molecule has 0 spiro atoms. The fourth-order valence-electron chi connectivity index (χ4n) is 2.04. The van der Waals surface area contributed by atoms with Gasteiger partial charge in [0.25, 0.3) is 0 Å². The molecule has 0 aromatic heterocycles. The quantitative estimate of drug-likeness (QED) is 0.835. The highest BCUT2D eigenvalue weighted by atomic mass is 35.5. The molecule has 1 fully saturated rings. The van der Waals surface area contributed by atoms with Crippen LogP contribution in [0, 0.1) is 5.92 Å². The molecule has 1 aliphatic heterocycles. The van der Waals surface area contributed by atoms with Crippen molar-refractivity contribution in [2.24, 2.45) is 11.7 Å². The smallest absolute Gasteiger partial charge is 0.214 e. The standard InChI is InChI=1S/C10H22N2O2S.ClH/c1-3-7-15(13,14)12-6-4-5-10(8-12)9(2)11;/h9-10H,3-8,11H2,1-2H3;1H. The monoisotopic (exact) mass is 270 g/mol. The highest BCUT2D eigenvalue weighted by Crippen LogP contribution is 2.21. The fraction of sp³-hybridized carbons (Fsp3) is 1.00. The van der Waals surface area contributed by atoms with E-state index in [1.165, 1.54) is 0 Å². The van der Waals surface area contributed by atoms with Gasteiger partial charge in [0.15, 0.2) is 0 Å². The van der Waals surface area contributed by atoms with E-state index in [-0.39, 0.29) is 24.2 Å². The van der Waals surface area contributed by atoms with Crippen LogP contribution in [0.2, 0.25) is 0 Å². The van der Waals surface area contributed by atoms with Crippen LogP contribution in [-0.2, 0) is 10.0 Å². The van der Waals surface area contributed by atoms with Gasteiger partial charge in [-0.2, -0.15) is 0 Å². The molecule has 2 atom stereocenters. The van der Waals surface area contributed by atoms with Gasteiger partial charge in [-0.15, -0.1) is 12.4 Å². The molecule has 2 N–H and O–H groups in total. The van der Waals surface area contributed by atoms with Gasteiger partial charge in [0.05, 0.1) is 5.75 Å². The molecular formula is C10H23ClN2O2S. The van der Waals surface area contributed by atoms with Gasteiger partial charge in [0.2, 0.25) is 10.0 Å². The fourth-order valence-corrected chi connectivity index (χ4v) is 3.64. The van der Waals surface area contributed by atoms with Crippen molar-refractivity contribution in [3.63, 3.8) is 0 Å². The zero-order valence-corrected chi connectivity index (χ0v) is 11.7. The van der Waals surface area contributed by atoms with Crippen molar-refractivity contribution in [1.82, 2.24) is 4.31 Å². The number of hydrogen-bond donors (Lipinski definition) is 1. The molecule has 1 aliphatic rings. The highest BCUT2D eigenvalue weighted by Gasteiger charge is 2.29. The summed E-state index contributed by atoms with van der Waals surface area (Å²) in [6.45, 7) is 5.14. The summed E-state index contributed by atoms with van der Waals surface area (Å²) >= 11 is 0. The molecule has 2 unspecified atom stereocenters. The lowest BCUT2D eigenvalue weighted by Gasteiger charge is -2.33. The van der Waals surface area contributed by atoms with E-state index in [0.717, 1.165) is 12.8 Å². The molecule has 4 nitrogen and oxygen atoms in total. The summed E-state index contributed by atoms with van der Waals surface area (Å²) < 4.78 is 25.3. The Morgan fingerprint density at radius 2 is 2.12 bits per heavy atom. The van der Waals surface area contributed by atoms with Gasteiger partial charge in [0, 0.05) is 19.1 Å². The summed E-state index contributed by atoms with van der Waals surface area (Å²) in [4.78, 5) is 0. The molecule has 0 aromatic rings. The SMILES string of the molecule is CCCS(=O)(=O)N1CCCC(C(C)N)C1.Cl. The van der Waals surface area contributed by atoms with Crippen LogP contribution in [0.5, 0.6) is 0 Å². The molecule has 0 bridgehead atoms. The first-order chi connectivity index (χ1) is 6.97. The third-order valence-corrected chi connectivity index (χ3v) is 5.06. The maximum atomic E-state index is 11.8. The van der Waals surface area contributed by atoms with Crippen molar-refractivity contribution in [2.75, 3.05) is 18.8 Å². The molecule has 16 heavy (non-hydrogen) atoms. The Kier molecular flexibility index (Phi) is 6.86. The summed E-state index contributed by atoms with van der Waals surface area (Å²) in [5.74, 6) is 0.587. The third-order valence-electron chi connectivity index (χ3n) is 3.02. The number of nitrogens with zero attached hydrogens (tertiary/aromatic N) is 1. The van der Waals surface area contributed by atoms with Crippen LogP contribution in [-0.4, -0.2) is 37.6 Å². The van der Waals surface area contributed by atoms with Gasteiger partial charge in [-0.25, -0.2) is 12.7 Å². The molecular weight excluding hydrogens is 248 g/mol. The highest BCUT2D eigenvalue weighted by molar-refractivity contribution is 7.89. The minimum Gasteiger partial charge on any atom is -0.328 e. The Balaban J connectivity index is 0.00000225. The predicted molar refractivity (Wildman–Crippen MR) is 69.3 cm³/mol. The molecule has 1 heterocycles. The molecule has 0 amide bonds. The first-order valence-corrected chi connectivity index (χ1v) is 7.31. The number of hydrogen-bond acceptors (Lipinski definition) is 3. The number of sulfonamides is 1. The summed E-state index contributed by atoms with van der Waals surface area (Å²) in [6.07, 6.45) is 2.67. The van der Waals surface area contributed by atoms with E-state index < -0.39 is 10.0 Å². The number of rotatable bonds is 4. The van der Waals surface area contributed by atoms with Crippen molar-refractivity contribution in [1.29, 1.82) is 0 Å². The zero-order chi connectivity index (χ0) is 11.5. The number of halogens is 1. The lowest BCUT2D eigenvalue weighted by molar-refractivity contribution is 0.243. The van der Waals surface area contributed by atoms with Crippen LogP contribution in [0.3, 0.4) is 0 Å². The van der Waals surface area contributed by atoms with Crippen LogP contribution in [0.15, 0.2) is 0 Å². The Morgan fingerprint density at radius 1 is 1.50 bits per heavy atom. The van der Waals surface area contributed by atoms with Crippen molar-refractivity contribution >= 4 is 22.4 Å². The lowest BCUT2D eigenvalue weighted by Crippen LogP contribution is -2.45. The Hall–Kier alpha value is 0.160. The molecule has 0 radical (unpaired) electrons. The van der Waals surface area contributed by atoms with Crippen molar-refractivity contribution < 1.29 is 8.42 Å². The Morgan fingerprint density at radius 3 is 2.62 bits per heavy atom. The van der Waals surface area contributed by atoms with E-state index in [9.17, 15) is 8.42 Å². The van der Waals surface area contributed by atoms with E-state index in [1.54, 1.807) is 4.31 Å². The van der Waals surface area contributed by atoms with E-state index in [1.807, 2.05) is 13.8 Å². The van der Waals surface area contributed by atoms with E-state index in [4.69, 9.17) is 5.73 Å². The van der Waals surface area contributed by atoms with E-state index >= 15 is 0 Å². The number of nitrogens with two attached hydrogens (primary N) is 1. The first kappa shape index (κ1) is 16.2. The minimum atomic E-state index is -3.02. The van der Waals surface area contributed by atoms with Crippen LogP contribution >= 0.6 is 12.4 Å². The van der Waals surface area contributed by atoms with Gasteiger partial charge in [-0.3, -0.25) is 0 Å². The second kappa shape index (κ2) is 6.79. The molecule has 0 aromatic carbocycles. The predicted octanol–water partition coefficient (Wildman–Crippen LogP) is 1.21. The zero-order valence-electron chi connectivity index (χ0n) is 10.1. The van der Waals surface area contributed by atoms with E-state index in [2.05, 4.69) is 0 Å². The van der Waals surface area contributed by atoms with Gasteiger partial charge in [-0.05, 0) is 32.1 Å². The Labute approximate surface area is 105 Å². The van der Waals surface area contributed by atoms with Crippen LogP contribution < -0.4 is 5.73 Å². The van der Waals surface area contributed by atoms with Crippen LogP contribution in [0.25, 0.3) is 0 Å². The lowest BCUT2D eigenvalue weighted by atomic mass is 9.93. The maximum absolute atomic E-state index is 11.8. The Bertz CT molecular complexity index is 293.